The molecule has 0 aliphatic rings. The zero-order valence-electron chi connectivity index (χ0n) is 9.56. The average Bonchev–Trinajstić information content (AvgIpc) is 2.12. The number of carbonyl (C=O) groups is 1. The second-order valence-corrected chi connectivity index (χ2v) is 4.67. The van der Waals surface area contributed by atoms with Crippen LogP contribution in [-0.2, 0) is 9.53 Å². The minimum absolute atomic E-state index is 0.224. The first-order valence-electron chi connectivity index (χ1n) is 4.75. The van der Waals surface area contributed by atoms with Gasteiger partial charge in [0.1, 0.15) is 6.04 Å². The van der Waals surface area contributed by atoms with E-state index in [-0.39, 0.29) is 23.5 Å². The molecule has 0 aromatic rings. The number of rotatable bonds is 5. The molecular formula is C10H20ClNO2. The molecule has 0 spiro atoms. The van der Waals surface area contributed by atoms with E-state index in [2.05, 4.69) is 5.32 Å². The first-order chi connectivity index (χ1) is 6.35. The van der Waals surface area contributed by atoms with Crippen LogP contribution in [0.1, 0.15) is 27.7 Å². The summed E-state index contributed by atoms with van der Waals surface area (Å²) in [5, 5.41) is 3.16. The molecule has 84 valence electrons. The largest absolute Gasteiger partial charge is 0.468 e. The van der Waals surface area contributed by atoms with Gasteiger partial charge in [-0.3, -0.25) is 4.79 Å². The highest BCUT2D eigenvalue weighted by atomic mass is 35.5. The zero-order valence-corrected chi connectivity index (χ0v) is 10.3. The predicted molar refractivity (Wildman–Crippen MR) is 58.6 cm³/mol. The summed E-state index contributed by atoms with van der Waals surface area (Å²) in [4.78, 5) is 11.5. The summed E-state index contributed by atoms with van der Waals surface area (Å²) in [5.74, 6) is 0.149. The van der Waals surface area contributed by atoms with Gasteiger partial charge < -0.3 is 10.1 Å². The van der Waals surface area contributed by atoms with Crippen LogP contribution in [0.25, 0.3) is 0 Å². The highest BCUT2D eigenvalue weighted by Gasteiger charge is 2.35. The maximum Gasteiger partial charge on any atom is 0.323 e. The maximum atomic E-state index is 11.5. The summed E-state index contributed by atoms with van der Waals surface area (Å²) in [6, 6.07) is -0.133. The minimum Gasteiger partial charge on any atom is -0.468 e. The van der Waals surface area contributed by atoms with E-state index in [0.29, 0.717) is 5.88 Å². The van der Waals surface area contributed by atoms with Crippen LogP contribution in [-0.4, -0.2) is 31.0 Å². The van der Waals surface area contributed by atoms with Gasteiger partial charge in [-0.1, -0.05) is 27.7 Å². The summed E-state index contributed by atoms with van der Waals surface area (Å²) in [5.41, 5.74) is -0.307. The standard InChI is InChI=1S/C10H20ClNO2/c1-7(2)12-8(9(13)14-5)10(3,4)6-11/h7-8,12H,6H2,1-5H3. The molecule has 14 heavy (non-hydrogen) atoms. The van der Waals surface area contributed by atoms with Crippen molar-refractivity contribution < 1.29 is 9.53 Å². The molecule has 0 heterocycles. The Balaban J connectivity index is 4.63. The molecule has 0 bridgehead atoms. The summed E-state index contributed by atoms with van der Waals surface area (Å²) in [7, 11) is 1.39. The molecular weight excluding hydrogens is 202 g/mol. The van der Waals surface area contributed by atoms with E-state index in [0.717, 1.165) is 0 Å². The molecule has 0 aliphatic carbocycles. The van der Waals surface area contributed by atoms with E-state index < -0.39 is 0 Å². The number of esters is 1. The second kappa shape index (κ2) is 5.56. The van der Waals surface area contributed by atoms with Crippen LogP contribution in [0, 0.1) is 5.41 Å². The van der Waals surface area contributed by atoms with E-state index in [4.69, 9.17) is 16.3 Å². The van der Waals surface area contributed by atoms with Crippen LogP contribution >= 0.6 is 11.6 Å². The van der Waals surface area contributed by atoms with Gasteiger partial charge in [0.25, 0.3) is 0 Å². The maximum absolute atomic E-state index is 11.5. The topological polar surface area (TPSA) is 38.3 Å². The molecule has 0 aromatic heterocycles. The van der Waals surface area contributed by atoms with E-state index >= 15 is 0 Å². The first-order valence-corrected chi connectivity index (χ1v) is 5.28. The molecule has 1 unspecified atom stereocenters. The third kappa shape index (κ3) is 3.84. The van der Waals surface area contributed by atoms with Gasteiger partial charge in [-0.25, -0.2) is 0 Å². The summed E-state index contributed by atoms with van der Waals surface area (Å²) < 4.78 is 4.74. The third-order valence-electron chi connectivity index (χ3n) is 2.06. The van der Waals surface area contributed by atoms with Crippen molar-refractivity contribution in [2.75, 3.05) is 13.0 Å². The average molecular weight is 222 g/mol. The van der Waals surface area contributed by atoms with Gasteiger partial charge in [-0.15, -0.1) is 11.6 Å². The van der Waals surface area contributed by atoms with Crippen LogP contribution in [0.4, 0.5) is 0 Å². The molecule has 3 nitrogen and oxygen atoms in total. The number of ether oxygens (including phenoxy) is 1. The molecule has 0 saturated carbocycles. The number of hydrogen-bond acceptors (Lipinski definition) is 3. The molecule has 0 radical (unpaired) electrons. The molecule has 0 rings (SSSR count). The van der Waals surface area contributed by atoms with E-state index in [1.54, 1.807) is 0 Å². The Kier molecular flexibility index (Phi) is 5.45. The minimum atomic E-state index is -0.356. The van der Waals surface area contributed by atoms with Crippen LogP contribution in [0.15, 0.2) is 0 Å². The lowest BCUT2D eigenvalue weighted by atomic mass is 9.86. The number of alkyl halides is 1. The van der Waals surface area contributed by atoms with Crippen LogP contribution < -0.4 is 5.32 Å². The van der Waals surface area contributed by atoms with Crippen molar-refractivity contribution in [3.05, 3.63) is 0 Å². The van der Waals surface area contributed by atoms with Crippen LogP contribution in [0.2, 0.25) is 0 Å². The Labute approximate surface area is 91.2 Å². The lowest BCUT2D eigenvalue weighted by Crippen LogP contribution is -2.51. The molecule has 4 heteroatoms. The highest BCUT2D eigenvalue weighted by molar-refractivity contribution is 6.18. The van der Waals surface area contributed by atoms with Gasteiger partial charge in [0.15, 0.2) is 0 Å². The summed E-state index contributed by atoms with van der Waals surface area (Å²) in [6.07, 6.45) is 0. The Morgan fingerprint density at radius 1 is 1.50 bits per heavy atom. The number of carbonyl (C=O) groups excluding carboxylic acids is 1. The monoisotopic (exact) mass is 221 g/mol. The number of nitrogens with one attached hydrogen (secondary N) is 1. The second-order valence-electron chi connectivity index (χ2n) is 4.40. The normalized spacial score (nSPS) is 14.2. The van der Waals surface area contributed by atoms with Crippen LogP contribution in [0.3, 0.4) is 0 Å². The Hall–Kier alpha value is -0.280. The molecule has 0 aliphatic heterocycles. The van der Waals surface area contributed by atoms with Gasteiger partial charge in [-0.2, -0.15) is 0 Å². The van der Waals surface area contributed by atoms with Gasteiger partial charge in [0, 0.05) is 17.3 Å². The fourth-order valence-electron chi connectivity index (χ4n) is 1.14. The fraction of sp³-hybridized carbons (Fsp3) is 0.900. The Morgan fingerprint density at radius 3 is 2.29 bits per heavy atom. The van der Waals surface area contributed by atoms with E-state index in [1.807, 2.05) is 27.7 Å². The lowest BCUT2D eigenvalue weighted by molar-refractivity contribution is -0.146. The lowest BCUT2D eigenvalue weighted by Gasteiger charge is -2.32. The van der Waals surface area contributed by atoms with E-state index in [1.165, 1.54) is 7.11 Å². The molecule has 1 atom stereocenters. The first kappa shape index (κ1) is 13.7. The van der Waals surface area contributed by atoms with Crippen molar-refractivity contribution in [2.45, 2.75) is 39.8 Å². The van der Waals surface area contributed by atoms with Crippen molar-refractivity contribution in [3.8, 4) is 0 Å². The van der Waals surface area contributed by atoms with Crippen molar-refractivity contribution in [2.24, 2.45) is 5.41 Å². The summed E-state index contributed by atoms with van der Waals surface area (Å²) >= 11 is 5.82. The van der Waals surface area contributed by atoms with Crippen molar-refractivity contribution in [1.29, 1.82) is 0 Å². The zero-order chi connectivity index (χ0) is 11.4. The quantitative estimate of drug-likeness (QED) is 0.568. The smallest absolute Gasteiger partial charge is 0.323 e. The van der Waals surface area contributed by atoms with Gasteiger partial charge in [-0.05, 0) is 0 Å². The molecule has 0 saturated heterocycles. The van der Waals surface area contributed by atoms with Crippen molar-refractivity contribution >= 4 is 17.6 Å². The van der Waals surface area contributed by atoms with Crippen molar-refractivity contribution in [3.63, 3.8) is 0 Å². The van der Waals surface area contributed by atoms with Crippen LogP contribution in [0.5, 0.6) is 0 Å². The molecule has 1 N–H and O–H groups in total. The number of methoxy groups -OCH3 is 1. The SMILES string of the molecule is COC(=O)C(NC(C)C)C(C)(C)CCl. The molecule has 0 amide bonds. The summed E-state index contributed by atoms with van der Waals surface area (Å²) in [6.45, 7) is 7.86. The third-order valence-corrected chi connectivity index (χ3v) is 2.75. The predicted octanol–water partition coefficient (Wildman–Crippen LogP) is 1.79. The molecule has 0 aromatic carbocycles. The fourth-order valence-corrected chi connectivity index (χ4v) is 1.30. The van der Waals surface area contributed by atoms with Gasteiger partial charge in [0.2, 0.25) is 0 Å². The van der Waals surface area contributed by atoms with E-state index in [9.17, 15) is 4.79 Å². The molecule has 0 fully saturated rings. The number of halogens is 1. The van der Waals surface area contributed by atoms with Crippen molar-refractivity contribution in [1.82, 2.24) is 5.32 Å². The Bertz CT molecular complexity index is 193. The van der Waals surface area contributed by atoms with Gasteiger partial charge in [0.05, 0.1) is 7.11 Å². The Morgan fingerprint density at radius 2 is 2.00 bits per heavy atom. The highest BCUT2D eigenvalue weighted by Crippen LogP contribution is 2.23. The van der Waals surface area contributed by atoms with Gasteiger partial charge >= 0.3 is 5.97 Å². The number of hydrogen-bond donors (Lipinski definition) is 1.